The number of anilines is 1. The second-order valence-corrected chi connectivity index (χ2v) is 5.05. The van der Waals surface area contributed by atoms with Crippen LogP contribution in [0.25, 0.3) is 0 Å². The van der Waals surface area contributed by atoms with Crippen LogP contribution in [0.2, 0.25) is 0 Å². The highest BCUT2D eigenvalue weighted by Crippen LogP contribution is 2.40. The van der Waals surface area contributed by atoms with Crippen molar-refractivity contribution in [3.63, 3.8) is 0 Å². The molecule has 0 spiro atoms. The standard InChI is InChI=1S/C13H19N3/c1-2-14-12-8-11(10-5-6-10)15-13(16-12)7-9-3-4-9/h8-10H,2-7H2,1H3,(H,14,15,16). The van der Waals surface area contributed by atoms with Crippen LogP contribution in [0.1, 0.15) is 50.0 Å². The van der Waals surface area contributed by atoms with Gasteiger partial charge in [0, 0.05) is 30.6 Å². The largest absolute Gasteiger partial charge is 0.370 e. The molecule has 86 valence electrons. The van der Waals surface area contributed by atoms with E-state index in [0.717, 1.165) is 36.4 Å². The molecule has 3 rings (SSSR count). The van der Waals surface area contributed by atoms with E-state index in [0.29, 0.717) is 0 Å². The van der Waals surface area contributed by atoms with Gasteiger partial charge in [-0.2, -0.15) is 0 Å². The van der Waals surface area contributed by atoms with Gasteiger partial charge in [-0.25, -0.2) is 9.97 Å². The quantitative estimate of drug-likeness (QED) is 0.824. The van der Waals surface area contributed by atoms with Crippen LogP contribution in [0.5, 0.6) is 0 Å². The van der Waals surface area contributed by atoms with Gasteiger partial charge in [0.15, 0.2) is 0 Å². The topological polar surface area (TPSA) is 37.8 Å². The molecule has 2 saturated carbocycles. The van der Waals surface area contributed by atoms with Crippen molar-refractivity contribution in [1.29, 1.82) is 0 Å². The summed E-state index contributed by atoms with van der Waals surface area (Å²) < 4.78 is 0. The highest BCUT2D eigenvalue weighted by atomic mass is 15.0. The molecule has 0 amide bonds. The van der Waals surface area contributed by atoms with Crippen molar-refractivity contribution < 1.29 is 0 Å². The van der Waals surface area contributed by atoms with Crippen molar-refractivity contribution in [2.24, 2.45) is 5.92 Å². The molecule has 0 radical (unpaired) electrons. The fraction of sp³-hybridized carbons (Fsp3) is 0.692. The Kier molecular flexibility index (Phi) is 2.54. The average Bonchev–Trinajstić information content (AvgIpc) is 3.13. The summed E-state index contributed by atoms with van der Waals surface area (Å²) in [5.74, 6) is 3.67. The van der Waals surface area contributed by atoms with Crippen LogP contribution >= 0.6 is 0 Å². The third kappa shape index (κ3) is 2.34. The first-order valence-corrected chi connectivity index (χ1v) is 6.47. The minimum Gasteiger partial charge on any atom is -0.370 e. The van der Waals surface area contributed by atoms with Gasteiger partial charge >= 0.3 is 0 Å². The Labute approximate surface area is 96.7 Å². The van der Waals surface area contributed by atoms with Crippen molar-refractivity contribution in [3.8, 4) is 0 Å². The van der Waals surface area contributed by atoms with Gasteiger partial charge in [0.05, 0.1) is 0 Å². The summed E-state index contributed by atoms with van der Waals surface area (Å²) in [6.45, 7) is 3.05. The van der Waals surface area contributed by atoms with Gasteiger partial charge in [-0.3, -0.25) is 0 Å². The van der Waals surface area contributed by atoms with E-state index in [2.05, 4.69) is 23.3 Å². The molecule has 0 bridgehead atoms. The van der Waals surface area contributed by atoms with E-state index < -0.39 is 0 Å². The Balaban J connectivity index is 1.83. The molecule has 2 aliphatic carbocycles. The normalized spacial score (nSPS) is 19.8. The Bertz CT molecular complexity index is 381. The summed E-state index contributed by atoms with van der Waals surface area (Å²) in [6.07, 6.45) is 6.44. The smallest absolute Gasteiger partial charge is 0.131 e. The number of aromatic nitrogens is 2. The monoisotopic (exact) mass is 217 g/mol. The maximum absolute atomic E-state index is 4.71. The predicted molar refractivity (Wildman–Crippen MR) is 64.6 cm³/mol. The van der Waals surface area contributed by atoms with Crippen molar-refractivity contribution in [1.82, 2.24) is 9.97 Å². The molecular weight excluding hydrogens is 198 g/mol. The lowest BCUT2D eigenvalue weighted by molar-refractivity contribution is 0.757. The van der Waals surface area contributed by atoms with E-state index in [1.54, 1.807) is 0 Å². The van der Waals surface area contributed by atoms with Crippen LogP contribution in [0.15, 0.2) is 6.07 Å². The minimum atomic E-state index is 0.721. The number of nitrogens with zero attached hydrogens (tertiary/aromatic N) is 2. The molecule has 16 heavy (non-hydrogen) atoms. The molecule has 3 nitrogen and oxygen atoms in total. The maximum atomic E-state index is 4.71. The SMILES string of the molecule is CCNc1cc(C2CC2)nc(CC2CC2)n1. The second kappa shape index (κ2) is 4.04. The van der Waals surface area contributed by atoms with E-state index in [9.17, 15) is 0 Å². The zero-order chi connectivity index (χ0) is 11.0. The first kappa shape index (κ1) is 10.1. The lowest BCUT2D eigenvalue weighted by Gasteiger charge is -2.08. The molecule has 2 fully saturated rings. The van der Waals surface area contributed by atoms with Crippen molar-refractivity contribution in [2.75, 3.05) is 11.9 Å². The summed E-state index contributed by atoms with van der Waals surface area (Å²) in [7, 11) is 0. The molecule has 1 N–H and O–H groups in total. The Morgan fingerprint density at radius 2 is 2.06 bits per heavy atom. The minimum absolute atomic E-state index is 0.721. The van der Waals surface area contributed by atoms with Crippen molar-refractivity contribution >= 4 is 5.82 Å². The number of hydrogen-bond donors (Lipinski definition) is 1. The van der Waals surface area contributed by atoms with Crippen LogP contribution in [0, 0.1) is 5.92 Å². The fourth-order valence-corrected chi connectivity index (χ4v) is 2.05. The molecule has 3 heteroatoms. The molecule has 1 aromatic heterocycles. The summed E-state index contributed by atoms with van der Waals surface area (Å²) in [5.41, 5.74) is 1.27. The lowest BCUT2D eigenvalue weighted by Crippen LogP contribution is -2.06. The van der Waals surface area contributed by atoms with Crippen LogP contribution in [0.3, 0.4) is 0 Å². The van der Waals surface area contributed by atoms with E-state index >= 15 is 0 Å². The van der Waals surface area contributed by atoms with Crippen LogP contribution in [-0.4, -0.2) is 16.5 Å². The molecule has 0 atom stereocenters. The summed E-state index contributed by atoms with van der Waals surface area (Å²) in [4.78, 5) is 9.30. The van der Waals surface area contributed by atoms with Gasteiger partial charge in [-0.1, -0.05) is 0 Å². The lowest BCUT2D eigenvalue weighted by atomic mass is 10.2. The molecular formula is C13H19N3. The summed E-state index contributed by atoms with van der Waals surface area (Å²) in [6, 6.07) is 2.14. The zero-order valence-electron chi connectivity index (χ0n) is 9.87. The van der Waals surface area contributed by atoms with Crippen LogP contribution < -0.4 is 5.32 Å². The van der Waals surface area contributed by atoms with Crippen molar-refractivity contribution in [2.45, 2.75) is 44.9 Å². The highest BCUT2D eigenvalue weighted by Gasteiger charge is 2.28. The molecule has 0 aliphatic heterocycles. The van der Waals surface area contributed by atoms with E-state index in [-0.39, 0.29) is 0 Å². The Morgan fingerprint density at radius 3 is 2.69 bits per heavy atom. The highest BCUT2D eigenvalue weighted by molar-refractivity contribution is 5.38. The summed E-state index contributed by atoms with van der Waals surface area (Å²) in [5, 5.41) is 3.31. The third-order valence-corrected chi connectivity index (χ3v) is 3.31. The molecule has 0 saturated heterocycles. The fourth-order valence-electron chi connectivity index (χ4n) is 2.05. The van der Waals surface area contributed by atoms with E-state index in [1.807, 2.05) is 0 Å². The Hall–Kier alpha value is -1.12. The Morgan fingerprint density at radius 1 is 1.25 bits per heavy atom. The second-order valence-electron chi connectivity index (χ2n) is 5.05. The van der Waals surface area contributed by atoms with Crippen LogP contribution in [0.4, 0.5) is 5.82 Å². The number of hydrogen-bond acceptors (Lipinski definition) is 3. The average molecular weight is 217 g/mol. The van der Waals surface area contributed by atoms with Crippen LogP contribution in [-0.2, 0) is 6.42 Å². The van der Waals surface area contributed by atoms with Gasteiger partial charge < -0.3 is 5.32 Å². The van der Waals surface area contributed by atoms with Gasteiger partial charge in [0.25, 0.3) is 0 Å². The van der Waals surface area contributed by atoms with Crippen molar-refractivity contribution in [3.05, 3.63) is 17.6 Å². The van der Waals surface area contributed by atoms with Gasteiger partial charge in [-0.05, 0) is 38.5 Å². The molecule has 2 aliphatic rings. The molecule has 1 aromatic rings. The first-order valence-electron chi connectivity index (χ1n) is 6.47. The van der Waals surface area contributed by atoms with Gasteiger partial charge in [-0.15, -0.1) is 0 Å². The number of rotatable bonds is 5. The first-order chi connectivity index (χ1) is 7.85. The number of nitrogens with one attached hydrogen (secondary N) is 1. The van der Waals surface area contributed by atoms with Gasteiger partial charge in [0.2, 0.25) is 0 Å². The van der Waals surface area contributed by atoms with Gasteiger partial charge in [0.1, 0.15) is 11.6 Å². The predicted octanol–water partition coefficient (Wildman–Crippen LogP) is 2.74. The zero-order valence-corrected chi connectivity index (χ0v) is 9.87. The molecule has 1 heterocycles. The molecule has 0 aromatic carbocycles. The molecule has 0 unspecified atom stereocenters. The van der Waals surface area contributed by atoms with E-state index in [1.165, 1.54) is 31.4 Å². The van der Waals surface area contributed by atoms with E-state index in [4.69, 9.17) is 4.98 Å². The maximum Gasteiger partial charge on any atom is 0.131 e. The summed E-state index contributed by atoms with van der Waals surface area (Å²) >= 11 is 0. The third-order valence-electron chi connectivity index (χ3n) is 3.31.